The zero-order chi connectivity index (χ0) is 19.4. The third-order valence-corrected chi connectivity index (χ3v) is 19.0. The Bertz CT molecular complexity index is 706. The molecule has 0 bridgehead atoms. The molecule has 0 aromatic heterocycles. The van der Waals surface area contributed by atoms with Crippen LogP contribution in [0.2, 0.25) is 19.3 Å². The number of nitrogens with zero attached hydrogens (tertiary/aromatic N) is 2. The van der Waals surface area contributed by atoms with Gasteiger partial charge in [0, 0.05) is 0 Å². The Kier molecular flexibility index (Phi) is 5.86. The second kappa shape index (κ2) is 8.11. The molecular weight excluding hydrogens is 528 g/mol. The van der Waals surface area contributed by atoms with Crippen LogP contribution >= 0.6 is 23.5 Å². The summed E-state index contributed by atoms with van der Waals surface area (Å²) in [5.41, 5.74) is 0.116. The third-order valence-electron chi connectivity index (χ3n) is 6.90. The molecule has 1 aliphatic carbocycles. The van der Waals surface area contributed by atoms with E-state index >= 15 is 0 Å². The van der Waals surface area contributed by atoms with Crippen LogP contribution in [0.25, 0.3) is 0 Å². The molecule has 0 amide bonds. The first-order valence-corrected chi connectivity index (χ1v) is 15.9. The zero-order valence-electron chi connectivity index (χ0n) is 15.3. The molecule has 0 spiro atoms. The van der Waals surface area contributed by atoms with Crippen LogP contribution < -0.4 is 0 Å². The van der Waals surface area contributed by atoms with E-state index in [1.807, 2.05) is 0 Å². The molecule has 2 nitrogen and oxygen atoms in total. The van der Waals surface area contributed by atoms with Gasteiger partial charge in [-0.05, 0) is 0 Å². The van der Waals surface area contributed by atoms with Crippen LogP contribution in [0.4, 0.5) is 8.78 Å². The minimum absolute atomic E-state index is 0.361. The zero-order valence-corrected chi connectivity index (χ0v) is 20.4. The van der Waals surface area contributed by atoms with Gasteiger partial charge in [0.15, 0.2) is 0 Å². The molecule has 5 rings (SSSR count). The van der Waals surface area contributed by atoms with Crippen molar-refractivity contribution >= 4 is 53.4 Å². The fourth-order valence-electron chi connectivity index (χ4n) is 5.76. The molecule has 4 saturated heterocycles. The van der Waals surface area contributed by atoms with Gasteiger partial charge in [-0.1, -0.05) is 0 Å². The summed E-state index contributed by atoms with van der Waals surface area (Å²) in [7, 11) is 0. The number of hydrogen-bond donors (Lipinski definition) is 0. The Balaban J connectivity index is 1.40. The van der Waals surface area contributed by atoms with Gasteiger partial charge in [-0.3, -0.25) is 0 Å². The molecule has 0 aromatic rings. The van der Waals surface area contributed by atoms with Crippen LogP contribution in [0.5, 0.6) is 0 Å². The van der Waals surface area contributed by atoms with Crippen molar-refractivity contribution in [3.63, 3.8) is 0 Å². The van der Waals surface area contributed by atoms with Gasteiger partial charge in [-0.15, -0.1) is 0 Å². The van der Waals surface area contributed by atoms with Crippen molar-refractivity contribution in [1.29, 1.82) is 10.5 Å². The van der Waals surface area contributed by atoms with Crippen molar-refractivity contribution in [3.8, 4) is 12.1 Å². The first-order valence-electron chi connectivity index (χ1n) is 10.0. The van der Waals surface area contributed by atoms with Gasteiger partial charge in [0.05, 0.1) is 0 Å². The molecule has 1 saturated carbocycles. The first kappa shape index (κ1) is 20.2. The minimum atomic E-state index is -0.703. The Hall–Kier alpha value is 0.319. The maximum atomic E-state index is 13.7. The summed E-state index contributed by atoms with van der Waals surface area (Å²) in [5.74, 6) is 0.781. The molecular formula is C20H22F2N2S2Se2. The topological polar surface area (TPSA) is 47.6 Å². The standard InChI is InChI=1S/C20H22F2N2S2Se2/c21-16-3-1-12(25-16)14-5-10-18(9(7-23)8-24)11-6-15(13-2-4-17(22)26-13)28-20(11)19(10)27-14/h10-17,19-20H,1-6H2. The monoisotopic (exact) mass is 552 g/mol. The van der Waals surface area contributed by atoms with Crippen LogP contribution in [0.1, 0.15) is 38.5 Å². The maximum absolute atomic E-state index is 13.7. The Labute approximate surface area is 186 Å². The average molecular weight is 550 g/mol. The molecule has 10 atom stereocenters. The number of nitriles is 2. The summed E-state index contributed by atoms with van der Waals surface area (Å²) >= 11 is 4.00. The van der Waals surface area contributed by atoms with Crippen molar-refractivity contribution in [2.24, 2.45) is 11.8 Å². The molecule has 0 radical (unpaired) electrons. The Morgan fingerprint density at radius 1 is 0.821 bits per heavy atom. The van der Waals surface area contributed by atoms with Crippen molar-refractivity contribution in [3.05, 3.63) is 11.1 Å². The second-order valence-electron chi connectivity index (χ2n) is 8.34. The number of fused-ring (bicyclic) bond motifs is 3. The van der Waals surface area contributed by atoms with Gasteiger partial charge >= 0.3 is 187 Å². The molecule has 10 unspecified atom stereocenters. The Morgan fingerprint density at radius 3 is 1.64 bits per heavy atom. The molecule has 4 heterocycles. The summed E-state index contributed by atoms with van der Waals surface area (Å²) < 4.78 is 27.5. The molecule has 5 fully saturated rings. The van der Waals surface area contributed by atoms with Crippen molar-refractivity contribution in [2.45, 2.75) is 79.3 Å². The van der Waals surface area contributed by atoms with E-state index in [9.17, 15) is 19.3 Å². The molecule has 28 heavy (non-hydrogen) atoms. The normalized spacial score (nSPS) is 49.6. The van der Waals surface area contributed by atoms with Gasteiger partial charge in [-0.2, -0.15) is 0 Å². The van der Waals surface area contributed by atoms with E-state index in [0.717, 1.165) is 31.3 Å². The third kappa shape index (κ3) is 3.41. The fourth-order valence-corrected chi connectivity index (χ4v) is 18.7. The number of alkyl halides is 2. The van der Waals surface area contributed by atoms with Gasteiger partial charge in [0.1, 0.15) is 0 Å². The Morgan fingerprint density at radius 2 is 1.29 bits per heavy atom. The summed E-state index contributed by atoms with van der Waals surface area (Å²) in [6.07, 6.45) is 5.47. The number of halogens is 2. The molecule has 150 valence electrons. The number of rotatable bonds is 2. The van der Waals surface area contributed by atoms with Crippen LogP contribution in [-0.2, 0) is 0 Å². The van der Waals surface area contributed by atoms with E-state index in [4.69, 9.17) is 0 Å². The van der Waals surface area contributed by atoms with E-state index in [-0.39, 0.29) is 0 Å². The average Bonchev–Trinajstić information content (AvgIpc) is 3.45. The predicted molar refractivity (Wildman–Crippen MR) is 112 cm³/mol. The first-order chi connectivity index (χ1) is 13.6. The molecule has 5 aliphatic rings. The molecule has 0 N–H and O–H groups in total. The summed E-state index contributed by atoms with van der Waals surface area (Å²) in [6, 6.07) is 4.41. The van der Waals surface area contributed by atoms with Crippen molar-refractivity contribution in [2.75, 3.05) is 0 Å². The number of hydrogen-bond acceptors (Lipinski definition) is 4. The van der Waals surface area contributed by atoms with Gasteiger partial charge in [0.25, 0.3) is 0 Å². The van der Waals surface area contributed by atoms with E-state index < -0.39 is 11.0 Å². The summed E-state index contributed by atoms with van der Waals surface area (Å²) in [6.45, 7) is 0. The van der Waals surface area contributed by atoms with E-state index in [1.54, 1.807) is 0 Å². The number of allylic oxidation sites excluding steroid dienone is 2. The molecule has 0 aromatic carbocycles. The van der Waals surface area contributed by atoms with Crippen LogP contribution in [0.3, 0.4) is 0 Å². The van der Waals surface area contributed by atoms with Gasteiger partial charge in [0.2, 0.25) is 0 Å². The van der Waals surface area contributed by atoms with Crippen LogP contribution in [-0.4, -0.2) is 51.4 Å². The van der Waals surface area contributed by atoms with Crippen molar-refractivity contribution in [1.82, 2.24) is 0 Å². The quantitative estimate of drug-likeness (QED) is 0.345. The molecule has 8 heteroatoms. The van der Waals surface area contributed by atoms with Crippen LogP contribution in [0.15, 0.2) is 11.1 Å². The molecule has 4 aliphatic heterocycles. The number of thioether (sulfide) groups is 2. The van der Waals surface area contributed by atoms with E-state index in [2.05, 4.69) is 12.1 Å². The van der Waals surface area contributed by atoms with E-state index in [1.165, 1.54) is 23.5 Å². The SMILES string of the molecule is N#CC(C#N)=C1C2CC(C3CCC(F)S3)[Se]C2C2[Se]C(C3CCC(F)S3)CC12. The van der Waals surface area contributed by atoms with Gasteiger partial charge < -0.3 is 0 Å². The van der Waals surface area contributed by atoms with Gasteiger partial charge in [-0.25, -0.2) is 0 Å². The fraction of sp³-hybridized carbons (Fsp3) is 0.800. The van der Waals surface area contributed by atoms with E-state index in [0.29, 0.717) is 89.9 Å². The van der Waals surface area contributed by atoms with Crippen molar-refractivity contribution < 1.29 is 8.78 Å². The van der Waals surface area contributed by atoms with Crippen LogP contribution in [0, 0.1) is 34.5 Å². The predicted octanol–water partition coefficient (Wildman–Crippen LogP) is 5.33. The summed E-state index contributed by atoms with van der Waals surface area (Å²) in [5, 5.41) is 20.1. The second-order valence-corrected chi connectivity index (χ2v) is 17.1. The summed E-state index contributed by atoms with van der Waals surface area (Å²) in [4.78, 5) is 2.44.